The Kier molecular flexibility index (Phi) is 4.60. The molecular formula is C17H18N4O3. The summed E-state index contributed by atoms with van der Waals surface area (Å²) in [6.45, 7) is 0.806. The van der Waals surface area contributed by atoms with E-state index in [2.05, 4.69) is 10.3 Å². The second-order valence-corrected chi connectivity index (χ2v) is 5.22. The first kappa shape index (κ1) is 15.8. The van der Waals surface area contributed by atoms with Crippen LogP contribution in [0.5, 0.6) is 11.5 Å². The average molecular weight is 326 g/mol. The molecule has 0 fully saturated rings. The van der Waals surface area contributed by atoms with Crippen molar-refractivity contribution in [3.63, 3.8) is 0 Å². The standard InChI is InChI=1S/C17H18N4O3/c1-20(11-12-24-14-9-7-13(23-2)8-10-14)17(22)21-16-6-4-3-5-15(16)18-19-21/h3-10H,11-12H2,1-2H3. The minimum Gasteiger partial charge on any atom is -0.497 e. The van der Waals surface area contributed by atoms with Crippen LogP contribution in [0, 0.1) is 0 Å². The Morgan fingerprint density at radius 3 is 2.58 bits per heavy atom. The van der Waals surface area contributed by atoms with Crippen molar-refractivity contribution in [3.05, 3.63) is 48.5 Å². The van der Waals surface area contributed by atoms with Crippen molar-refractivity contribution >= 4 is 17.1 Å². The maximum Gasteiger partial charge on any atom is 0.346 e. The number of rotatable bonds is 5. The molecule has 3 aromatic rings. The van der Waals surface area contributed by atoms with Crippen LogP contribution in [0.1, 0.15) is 0 Å². The summed E-state index contributed by atoms with van der Waals surface area (Å²) in [5.74, 6) is 1.50. The monoisotopic (exact) mass is 326 g/mol. The number of ether oxygens (including phenoxy) is 2. The van der Waals surface area contributed by atoms with E-state index < -0.39 is 0 Å². The summed E-state index contributed by atoms with van der Waals surface area (Å²) in [5.41, 5.74) is 1.37. The fourth-order valence-electron chi connectivity index (χ4n) is 2.24. The van der Waals surface area contributed by atoms with E-state index in [-0.39, 0.29) is 6.03 Å². The zero-order chi connectivity index (χ0) is 16.9. The molecule has 0 aliphatic carbocycles. The molecule has 1 heterocycles. The van der Waals surface area contributed by atoms with E-state index in [0.29, 0.717) is 24.2 Å². The van der Waals surface area contributed by atoms with Gasteiger partial charge in [0.1, 0.15) is 23.6 Å². The van der Waals surface area contributed by atoms with E-state index >= 15 is 0 Å². The number of para-hydroxylation sites is 1. The van der Waals surface area contributed by atoms with Crippen LogP contribution in [0.3, 0.4) is 0 Å². The molecular weight excluding hydrogens is 308 g/mol. The summed E-state index contributed by atoms with van der Waals surface area (Å²) in [4.78, 5) is 14.0. The molecule has 24 heavy (non-hydrogen) atoms. The van der Waals surface area contributed by atoms with E-state index in [1.807, 2.05) is 48.5 Å². The first-order valence-electron chi connectivity index (χ1n) is 7.52. The van der Waals surface area contributed by atoms with Crippen LogP contribution in [0.15, 0.2) is 48.5 Å². The topological polar surface area (TPSA) is 69.5 Å². The van der Waals surface area contributed by atoms with Crippen LogP contribution in [-0.4, -0.2) is 53.2 Å². The quantitative estimate of drug-likeness (QED) is 0.720. The number of nitrogens with zero attached hydrogens (tertiary/aromatic N) is 4. The molecule has 0 unspecified atom stereocenters. The molecule has 7 nitrogen and oxygen atoms in total. The fraction of sp³-hybridized carbons (Fsp3) is 0.235. The van der Waals surface area contributed by atoms with E-state index in [0.717, 1.165) is 11.5 Å². The second kappa shape index (κ2) is 6.99. The van der Waals surface area contributed by atoms with E-state index in [9.17, 15) is 4.79 Å². The highest BCUT2D eigenvalue weighted by Crippen LogP contribution is 2.17. The normalized spacial score (nSPS) is 10.6. The van der Waals surface area contributed by atoms with Gasteiger partial charge in [-0.05, 0) is 36.4 Å². The summed E-state index contributed by atoms with van der Waals surface area (Å²) < 4.78 is 12.0. The molecule has 0 bridgehead atoms. The third-order valence-corrected chi connectivity index (χ3v) is 3.61. The van der Waals surface area contributed by atoms with Gasteiger partial charge in [0, 0.05) is 7.05 Å². The number of benzene rings is 2. The molecule has 1 amide bonds. The molecule has 3 rings (SSSR count). The zero-order valence-corrected chi connectivity index (χ0v) is 13.5. The third kappa shape index (κ3) is 3.29. The predicted molar refractivity (Wildman–Crippen MR) is 89.4 cm³/mol. The highest BCUT2D eigenvalue weighted by molar-refractivity contribution is 5.87. The number of aromatic nitrogens is 3. The minimum atomic E-state index is -0.248. The van der Waals surface area contributed by atoms with Crippen LogP contribution in [0.4, 0.5) is 4.79 Å². The van der Waals surface area contributed by atoms with Crippen molar-refractivity contribution in [3.8, 4) is 11.5 Å². The van der Waals surface area contributed by atoms with E-state index in [1.54, 1.807) is 19.1 Å². The Balaban J connectivity index is 1.58. The van der Waals surface area contributed by atoms with Gasteiger partial charge in [0.15, 0.2) is 0 Å². The largest absolute Gasteiger partial charge is 0.497 e. The maximum absolute atomic E-state index is 12.5. The number of carbonyl (C=O) groups is 1. The Morgan fingerprint density at radius 2 is 1.83 bits per heavy atom. The molecule has 7 heteroatoms. The van der Waals surface area contributed by atoms with E-state index in [1.165, 1.54) is 4.68 Å². The summed E-state index contributed by atoms with van der Waals surface area (Å²) in [6, 6.07) is 14.4. The number of likely N-dealkylation sites (N-methyl/N-ethyl adjacent to an activating group) is 1. The smallest absolute Gasteiger partial charge is 0.346 e. The number of hydrogen-bond acceptors (Lipinski definition) is 5. The molecule has 0 saturated carbocycles. The molecule has 1 aromatic heterocycles. The van der Waals surface area contributed by atoms with Crippen LogP contribution >= 0.6 is 0 Å². The third-order valence-electron chi connectivity index (χ3n) is 3.61. The van der Waals surface area contributed by atoms with Crippen molar-refractivity contribution in [1.29, 1.82) is 0 Å². The zero-order valence-electron chi connectivity index (χ0n) is 13.5. The number of amides is 1. The lowest BCUT2D eigenvalue weighted by Crippen LogP contribution is -2.34. The Bertz CT molecular complexity index is 829. The number of hydrogen-bond donors (Lipinski definition) is 0. The molecule has 0 atom stereocenters. The highest BCUT2D eigenvalue weighted by Gasteiger charge is 2.15. The number of methoxy groups -OCH3 is 1. The first-order valence-corrected chi connectivity index (χ1v) is 7.52. The Morgan fingerprint density at radius 1 is 1.12 bits per heavy atom. The lowest BCUT2D eigenvalue weighted by Gasteiger charge is -2.17. The van der Waals surface area contributed by atoms with Gasteiger partial charge in [0.05, 0.1) is 19.2 Å². The fourth-order valence-corrected chi connectivity index (χ4v) is 2.24. The predicted octanol–water partition coefficient (Wildman–Crippen LogP) is 2.42. The van der Waals surface area contributed by atoms with Crippen molar-refractivity contribution in [2.45, 2.75) is 0 Å². The summed E-state index contributed by atoms with van der Waals surface area (Å²) in [5, 5.41) is 7.91. The first-order chi connectivity index (χ1) is 11.7. The molecule has 0 spiro atoms. The maximum atomic E-state index is 12.5. The average Bonchev–Trinajstić information content (AvgIpc) is 3.05. The Hall–Kier alpha value is -3.09. The van der Waals surface area contributed by atoms with E-state index in [4.69, 9.17) is 9.47 Å². The van der Waals surface area contributed by atoms with Gasteiger partial charge in [-0.3, -0.25) is 0 Å². The van der Waals surface area contributed by atoms with Crippen molar-refractivity contribution in [2.24, 2.45) is 0 Å². The molecule has 0 saturated heterocycles. The Labute approximate surface area is 139 Å². The number of fused-ring (bicyclic) bond motifs is 1. The summed E-state index contributed by atoms with van der Waals surface area (Å²) >= 11 is 0. The van der Waals surface area contributed by atoms with Crippen molar-refractivity contribution in [2.75, 3.05) is 27.3 Å². The molecule has 124 valence electrons. The van der Waals surface area contributed by atoms with Crippen LogP contribution in [0.2, 0.25) is 0 Å². The van der Waals surface area contributed by atoms with Gasteiger partial charge in [-0.2, -0.15) is 4.68 Å². The van der Waals surface area contributed by atoms with Gasteiger partial charge in [-0.25, -0.2) is 4.79 Å². The van der Waals surface area contributed by atoms with Gasteiger partial charge in [0.25, 0.3) is 0 Å². The minimum absolute atomic E-state index is 0.248. The SMILES string of the molecule is COc1ccc(OCCN(C)C(=O)n2nnc3ccccc32)cc1. The van der Waals surface area contributed by atoms with Crippen LogP contribution < -0.4 is 9.47 Å². The van der Waals surface area contributed by atoms with Crippen LogP contribution in [0.25, 0.3) is 11.0 Å². The highest BCUT2D eigenvalue weighted by atomic mass is 16.5. The number of carbonyl (C=O) groups excluding carboxylic acids is 1. The van der Waals surface area contributed by atoms with Gasteiger partial charge in [-0.15, -0.1) is 5.10 Å². The summed E-state index contributed by atoms with van der Waals surface area (Å²) in [6.07, 6.45) is 0. The van der Waals surface area contributed by atoms with Crippen molar-refractivity contribution in [1.82, 2.24) is 19.9 Å². The molecule has 0 aliphatic heterocycles. The molecule has 2 aromatic carbocycles. The summed E-state index contributed by atoms with van der Waals surface area (Å²) in [7, 11) is 3.32. The lowest BCUT2D eigenvalue weighted by atomic mass is 10.3. The second-order valence-electron chi connectivity index (χ2n) is 5.22. The van der Waals surface area contributed by atoms with Gasteiger partial charge in [0.2, 0.25) is 0 Å². The van der Waals surface area contributed by atoms with Crippen LogP contribution in [-0.2, 0) is 0 Å². The molecule has 0 radical (unpaired) electrons. The molecule has 0 aliphatic rings. The lowest BCUT2D eigenvalue weighted by molar-refractivity contribution is 0.194. The van der Waals surface area contributed by atoms with Crippen molar-refractivity contribution < 1.29 is 14.3 Å². The van der Waals surface area contributed by atoms with Gasteiger partial charge >= 0.3 is 6.03 Å². The molecule has 0 N–H and O–H groups in total. The van der Waals surface area contributed by atoms with Gasteiger partial charge in [-0.1, -0.05) is 17.3 Å². The van der Waals surface area contributed by atoms with Gasteiger partial charge < -0.3 is 14.4 Å².